The van der Waals surface area contributed by atoms with E-state index in [1.165, 1.54) is 41.9 Å². The maximum Gasteiger partial charge on any atom is 0.354 e. The summed E-state index contributed by atoms with van der Waals surface area (Å²) < 4.78 is 22.3. The Morgan fingerprint density at radius 1 is 1.14 bits per heavy atom. The molecule has 0 radical (unpaired) electrons. The van der Waals surface area contributed by atoms with Crippen molar-refractivity contribution in [1.29, 1.82) is 0 Å². The lowest BCUT2D eigenvalue weighted by atomic mass is 10.1. The lowest BCUT2D eigenvalue weighted by molar-refractivity contribution is 0.0689. The van der Waals surface area contributed by atoms with Crippen LogP contribution in [0.3, 0.4) is 0 Å². The first-order valence-electron chi connectivity index (χ1n) is 10.4. The highest BCUT2D eigenvalue weighted by Crippen LogP contribution is 2.26. The molecule has 4 aromatic rings. The fourth-order valence-corrected chi connectivity index (χ4v) is 3.18. The van der Waals surface area contributed by atoms with Crippen LogP contribution in [0.15, 0.2) is 75.2 Å². The number of nitrogens with one attached hydrogen (secondary N) is 1. The molecule has 2 aromatic carbocycles. The molecule has 0 spiro atoms. The van der Waals surface area contributed by atoms with E-state index in [4.69, 9.17) is 9.84 Å². The number of hydrogen-bond acceptors (Lipinski definition) is 6. The third kappa shape index (κ3) is 5.24. The summed E-state index contributed by atoms with van der Waals surface area (Å²) in [5.41, 5.74) is 0.429. The highest BCUT2D eigenvalue weighted by atomic mass is 19.1. The number of aromatic nitrogens is 4. The number of aryl methyl sites for hydroxylation is 1. The zero-order chi connectivity index (χ0) is 25.1. The largest absolute Gasteiger partial charge is 0.477 e. The minimum atomic E-state index is -1.24. The Labute approximate surface area is 197 Å². The normalized spacial score (nSPS) is 11.5. The van der Waals surface area contributed by atoms with Crippen LogP contribution >= 0.6 is 0 Å². The van der Waals surface area contributed by atoms with Gasteiger partial charge in [0.1, 0.15) is 0 Å². The van der Waals surface area contributed by atoms with Crippen molar-refractivity contribution in [3.63, 3.8) is 0 Å². The third-order valence-electron chi connectivity index (χ3n) is 5.07. The number of hydrogen-bond donors (Lipinski definition) is 2. The Kier molecular flexibility index (Phi) is 6.40. The molecule has 2 heterocycles. The van der Waals surface area contributed by atoms with Crippen molar-refractivity contribution in [2.75, 3.05) is 0 Å². The number of benzene rings is 2. The maximum absolute atomic E-state index is 14.7. The summed E-state index contributed by atoms with van der Waals surface area (Å²) in [7, 11) is 1.34. The number of ether oxygens (including phenoxy) is 1. The van der Waals surface area contributed by atoms with Crippen LogP contribution in [0.4, 0.5) is 10.1 Å². The summed E-state index contributed by atoms with van der Waals surface area (Å²) in [4.78, 5) is 46.6. The first-order valence-corrected chi connectivity index (χ1v) is 10.4. The van der Waals surface area contributed by atoms with Crippen molar-refractivity contribution in [3.8, 4) is 11.6 Å². The van der Waals surface area contributed by atoms with Crippen molar-refractivity contribution < 1.29 is 19.0 Å². The van der Waals surface area contributed by atoms with Crippen LogP contribution in [0.1, 0.15) is 21.6 Å². The van der Waals surface area contributed by atoms with Gasteiger partial charge in [0.2, 0.25) is 11.5 Å². The van der Waals surface area contributed by atoms with Crippen molar-refractivity contribution in [2.24, 2.45) is 12.0 Å². The van der Waals surface area contributed by atoms with E-state index in [-0.39, 0.29) is 35.2 Å². The molecule has 0 aliphatic rings. The van der Waals surface area contributed by atoms with Gasteiger partial charge in [0, 0.05) is 19.2 Å². The second-order valence-electron chi connectivity index (χ2n) is 7.66. The van der Waals surface area contributed by atoms with E-state index in [0.717, 1.165) is 21.8 Å². The van der Waals surface area contributed by atoms with Crippen LogP contribution in [0.25, 0.3) is 0 Å². The average Bonchev–Trinajstić information content (AvgIpc) is 2.83. The van der Waals surface area contributed by atoms with Crippen molar-refractivity contribution >= 4 is 11.7 Å². The van der Waals surface area contributed by atoms with Gasteiger partial charge in [-0.1, -0.05) is 35.9 Å². The number of nitrogens with zero attached hydrogens (tertiary/aromatic N) is 4. The molecule has 0 aliphatic heterocycles. The Balaban J connectivity index is 1.71. The molecule has 2 aromatic heterocycles. The van der Waals surface area contributed by atoms with Gasteiger partial charge < -0.3 is 9.84 Å². The van der Waals surface area contributed by atoms with E-state index in [9.17, 15) is 18.8 Å². The summed E-state index contributed by atoms with van der Waals surface area (Å²) >= 11 is 0. The van der Waals surface area contributed by atoms with Gasteiger partial charge in [0.25, 0.3) is 0 Å². The number of carboxylic acids is 1. The number of aromatic amines is 1. The number of pyridine rings is 1. The third-order valence-corrected chi connectivity index (χ3v) is 5.07. The van der Waals surface area contributed by atoms with Gasteiger partial charge in [0.05, 0.1) is 12.2 Å². The monoisotopic (exact) mass is 477 g/mol. The van der Waals surface area contributed by atoms with Gasteiger partial charge in [0.15, 0.2) is 17.3 Å². The fourth-order valence-electron chi connectivity index (χ4n) is 3.18. The Morgan fingerprint density at radius 3 is 2.57 bits per heavy atom. The molecule has 0 unspecified atom stereocenters. The lowest BCUT2D eigenvalue weighted by Gasteiger charge is -2.09. The molecule has 2 N–H and O–H groups in total. The predicted octanol–water partition coefficient (Wildman–Crippen LogP) is 2.49. The molecule has 10 nitrogen and oxygen atoms in total. The van der Waals surface area contributed by atoms with Gasteiger partial charge in [-0.25, -0.2) is 33.3 Å². The number of carboxylic acid groups (broad SMARTS) is 1. The van der Waals surface area contributed by atoms with E-state index in [1.54, 1.807) is 0 Å². The summed E-state index contributed by atoms with van der Waals surface area (Å²) in [5, 5.41) is 9.03. The van der Waals surface area contributed by atoms with Crippen LogP contribution in [0.2, 0.25) is 0 Å². The standard InChI is InChI=1S/C24H20FN5O5/c1-14-6-8-15(9-7-14)13-30-22(28-23(33)29(2)24(30)34)26-16-10-11-19(17(25)12-16)35-20-5-3-4-18(27-20)21(31)32/h3-12H,13H2,1-2H3,(H,31,32)(H,26,28,33). The second-order valence-corrected chi connectivity index (χ2v) is 7.66. The zero-order valence-electron chi connectivity index (χ0n) is 18.7. The van der Waals surface area contributed by atoms with E-state index in [0.29, 0.717) is 0 Å². The van der Waals surface area contributed by atoms with Gasteiger partial charge >= 0.3 is 17.3 Å². The van der Waals surface area contributed by atoms with Crippen LogP contribution < -0.4 is 21.7 Å². The molecule has 178 valence electrons. The molecule has 0 bridgehead atoms. The first kappa shape index (κ1) is 23.4. The Bertz CT molecular complexity index is 1600. The van der Waals surface area contributed by atoms with Crippen LogP contribution in [-0.4, -0.2) is 30.2 Å². The van der Waals surface area contributed by atoms with E-state index >= 15 is 0 Å². The van der Waals surface area contributed by atoms with Crippen molar-refractivity contribution in [1.82, 2.24) is 19.1 Å². The number of carbonyl (C=O) groups is 1. The Morgan fingerprint density at radius 2 is 1.89 bits per heavy atom. The molecule has 0 saturated heterocycles. The van der Waals surface area contributed by atoms with Crippen LogP contribution in [-0.2, 0) is 13.6 Å². The molecule has 0 saturated carbocycles. The number of aromatic carboxylic acids is 1. The fraction of sp³-hybridized carbons (Fsp3) is 0.125. The Hall–Kier alpha value is -4.80. The SMILES string of the molecule is Cc1ccc(Cn2c(=O)n(C)c(=O)[nH]/c2=N\c2ccc(Oc3cccc(C(=O)O)n3)c(F)c2)cc1. The van der Waals surface area contributed by atoms with Gasteiger partial charge in [-0.05, 0) is 30.7 Å². The minimum absolute atomic E-state index is 0.0532. The zero-order valence-corrected chi connectivity index (χ0v) is 18.7. The summed E-state index contributed by atoms with van der Waals surface area (Å²) in [6.45, 7) is 2.08. The van der Waals surface area contributed by atoms with E-state index in [1.807, 2.05) is 31.2 Å². The van der Waals surface area contributed by atoms with Crippen molar-refractivity contribution in [3.05, 3.63) is 110 Å². The minimum Gasteiger partial charge on any atom is -0.477 e. The predicted molar refractivity (Wildman–Crippen MR) is 123 cm³/mol. The quantitative estimate of drug-likeness (QED) is 0.439. The highest BCUT2D eigenvalue weighted by Gasteiger charge is 2.11. The summed E-state index contributed by atoms with van der Waals surface area (Å²) in [5.74, 6) is -2.35. The summed E-state index contributed by atoms with van der Waals surface area (Å²) in [6, 6.07) is 15.4. The van der Waals surface area contributed by atoms with E-state index in [2.05, 4.69) is 15.0 Å². The molecule has 11 heteroatoms. The molecular formula is C24H20FN5O5. The lowest BCUT2D eigenvalue weighted by Crippen LogP contribution is -2.48. The number of H-pyrrole nitrogens is 1. The van der Waals surface area contributed by atoms with Gasteiger partial charge in [-0.2, -0.15) is 0 Å². The molecule has 4 rings (SSSR count). The summed E-state index contributed by atoms with van der Waals surface area (Å²) in [6.07, 6.45) is 0. The van der Waals surface area contributed by atoms with Crippen LogP contribution in [0.5, 0.6) is 11.6 Å². The average molecular weight is 477 g/mol. The molecular weight excluding hydrogens is 457 g/mol. The van der Waals surface area contributed by atoms with E-state index < -0.39 is 23.2 Å². The molecule has 0 fully saturated rings. The van der Waals surface area contributed by atoms with Gasteiger partial charge in [-0.15, -0.1) is 0 Å². The highest BCUT2D eigenvalue weighted by molar-refractivity contribution is 5.85. The maximum atomic E-state index is 14.7. The molecule has 0 amide bonds. The number of rotatable bonds is 6. The topological polar surface area (TPSA) is 132 Å². The molecule has 0 aliphatic carbocycles. The first-order chi connectivity index (χ1) is 16.7. The van der Waals surface area contributed by atoms with Gasteiger partial charge in [-0.3, -0.25) is 9.55 Å². The van der Waals surface area contributed by atoms with Crippen LogP contribution in [0, 0.1) is 12.7 Å². The second kappa shape index (κ2) is 9.59. The smallest absolute Gasteiger partial charge is 0.354 e. The molecule has 0 atom stereocenters. The number of halogens is 1. The van der Waals surface area contributed by atoms with Crippen molar-refractivity contribution in [2.45, 2.75) is 13.5 Å². The molecule has 35 heavy (non-hydrogen) atoms.